The lowest BCUT2D eigenvalue weighted by atomic mass is 9.98. The highest BCUT2D eigenvalue weighted by Crippen LogP contribution is 2.75. The van der Waals surface area contributed by atoms with Gasteiger partial charge in [0.05, 0.1) is 0 Å². The van der Waals surface area contributed by atoms with Gasteiger partial charge in [-0.3, -0.25) is 0 Å². The lowest BCUT2D eigenvalue weighted by Crippen LogP contribution is -2.68. The van der Waals surface area contributed by atoms with Gasteiger partial charge in [0.2, 0.25) is 0 Å². The second-order valence-electron chi connectivity index (χ2n) is 10.3. The first-order valence-corrected chi connectivity index (χ1v) is 14.9. The third-order valence-electron chi connectivity index (χ3n) is 8.55. The molecule has 2 fully saturated rings. The fourth-order valence-electron chi connectivity index (χ4n) is 6.81. The summed E-state index contributed by atoms with van der Waals surface area (Å²) in [7, 11) is -2.50. The number of hydrogen-bond acceptors (Lipinski definition) is 2. The summed E-state index contributed by atoms with van der Waals surface area (Å²) in [4.78, 5) is 2.45. The number of para-hydroxylation sites is 1. The quantitative estimate of drug-likeness (QED) is 0.246. The van der Waals surface area contributed by atoms with Gasteiger partial charge in [-0.05, 0) is 51.3 Å². The van der Waals surface area contributed by atoms with Crippen LogP contribution in [0.4, 0.5) is 5.69 Å². The van der Waals surface area contributed by atoms with E-state index in [1.165, 1.54) is 32.0 Å². The standard InChI is InChI=1S/C33H30N2Si/c34-33-25-32(33,35(33)27-15-5-1-6-16-27)26-14-13-23-31(24-26)36(28-17-7-2-8-18-28,29-19-9-3-10-20-29)30-21-11-4-12-22-30/h1-12,15-24H,13-14,25,34H2/t32?,33-,35?/m0/s1. The summed E-state index contributed by atoms with van der Waals surface area (Å²) in [6.07, 6.45) is 8.26. The molecule has 4 aromatic rings. The van der Waals surface area contributed by atoms with E-state index in [1.807, 2.05) is 0 Å². The van der Waals surface area contributed by atoms with Crippen LogP contribution in [0, 0.1) is 0 Å². The van der Waals surface area contributed by atoms with Crippen LogP contribution in [0.3, 0.4) is 0 Å². The van der Waals surface area contributed by atoms with Gasteiger partial charge in [0.25, 0.3) is 0 Å². The fraction of sp³-hybridized carbons (Fsp3) is 0.152. The Hall–Kier alpha value is -3.66. The van der Waals surface area contributed by atoms with E-state index in [1.54, 1.807) is 0 Å². The summed E-state index contributed by atoms with van der Waals surface area (Å²) in [5.74, 6) is 0. The molecule has 1 saturated carbocycles. The van der Waals surface area contributed by atoms with Crippen molar-refractivity contribution >= 4 is 29.3 Å². The van der Waals surface area contributed by atoms with E-state index >= 15 is 0 Å². The average molecular weight is 483 g/mol. The van der Waals surface area contributed by atoms with E-state index in [4.69, 9.17) is 5.73 Å². The molecule has 1 heterocycles. The Morgan fingerprint density at radius 1 is 0.639 bits per heavy atom. The zero-order chi connectivity index (χ0) is 24.2. The molecule has 2 aliphatic carbocycles. The number of anilines is 1. The molecule has 0 aromatic heterocycles. The van der Waals surface area contributed by atoms with E-state index in [9.17, 15) is 0 Å². The van der Waals surface area contributed by atoms with Crippen molar-refractivity contribution in [3.63, 3.8) is 0 Å². The van der Waals surface area contributed by atoms with E-state index < -0.39 is 8.07 Å². The maximum absolute atomic E-state index is 6.95. The number of nitrogens with two attached hydrogens (primary N) is 1. The molecule has 0 radical (unpaired) electrons. The van der Waals surface area contributed by atoms with Crippen LogP contribution in [0.5, 0.6) is 0 Å². The zero-order valence-corrected chi connectivity index (χ0v) is 21.3. The van der Waals surface area contributed by atoms with Gasteiger partial charge in [-0.1, -0.05) is 121 Å². The Morgan fingerprint density at radius 2 is 1.11 bits per heavy atom. The van der Waals surface area contributed by atoms with Crippen molar-refractivity contribution in [2.45, 2.75) is 30.5 Å². The van der Waals surface area contributed by atoms with Crippen molar-refractivity contribution in [2.24, 2.45) is 5.73 Å². The molecule has 176 valence electrons. The summed E-state index contributed by atoms with van der Waals surface area (Å²) in [5.41, 5.74) is 9.45. The maximum Gasteiger partial charge on any atom is 0.179 e. The summed E-state index contributed by atoms with van der Waals surface area (Å²) in [5, 5.41) is 5.76. The maximum atomic E-state index is 6.95. The van der Waals surface area contributed by atoms with Crippen molar-refractivity contribution in [2.75, 3.05) is 4.90 Å². The first kappa shape index (κ1) is 21.6. The molecule has 1 unspecified atom stereocenters. The second-order valence-corrected chi connectivity index (χ2v) is 14.2. The largest absolute Gasteiger partial charge is 0.337 e. The van der Waals surface area contributed by atoms with Gasteiger partial charge in [0, 0.05) is 12.1 Å². The van der Waals surface area contributed by atoms with Gasteiger partial charge in [-0.2, -0.15) is 0 Å². The molecule has 36 heavy (non-hydrogen) atoms. The number of nitrogens with zero attached hydrogens (tertiary/aromatic N) is 1. The van der Waals surface area contributed by atoms with Crippen molar-refractivity contribution in [3.8, 4) is 0 Å². The number of fused-ring (bicyclic) bond motifs is 1. The monoisotopic (exact) mass is 482 g/mol. The third kappa shape index (κ3) is 2.87. The normalized spacial score (nSPS) is 24.4. The number of benzene rings is 4. The Morgan fingerprint density at radius 3 is 1.58 bits per heavy atom. The molecular formula is C33H30N2Si. The molecule has 0 amide bonds. The van der Waals surface area contributed by atoms with Crippen LogP contribution in [-0.2, 0) is 0 Å². The van der Waals surface area contributed by atoms with Gasteiger partial charge in [0.1, 0.15) is 11.2 Å². The molecule has 3 aliphatic rings. The Kier molecular flexibility index (Phi) is 4.75. The zero-order valence-electron chi connectivity index (χ0n) is 20.3. The average Bonchev–Trinajstić information content (AvgIpc) is 3.76. The molecule has 2 N–H and O–H groups in total. The van der Waals surface area contributed by atoms with E-state index in [0.29, 0.717) is 0 Å². The minimum atomic E-state index is -2.50. The highest BCUT2D eigenvalue weighted by Gasteiger charge is 2.90. The number of hydrogen-bond donors (Lipinski definition) is 1. The van der Waals surface area contributed by atoms with Crippen LogP contribution in [0.2, 0.25) is 0 Å². The minimum Gasteiger partial charge on any atom is -0.337 e. The van der Waals surface area contributed by atoms with Crippen molar-refractivity contribution < 1.29 is 0 Å². The van der Waals surface area contributed by atoms with Gasteiger partial charge in [0.15, 0.2) is 8.07 Å². The Balaban J connectivity index is 1.42. The number of allylic oxidation sites excluding steroid dienone is 3. The van der Waals surface area contributed by atoms with Gasteiger partial charge in [-0.15, -0.1) is 0 Å². The predicted molar refractivity (Wildman–Crippen MR) is 153 cm³/mol. The molecular weight excluding hydrogens is 452 g/mol. The molecule has 1 aliphatic heterocycles. The highest BCUT2D eigenvalue weighted by molar-refractivity contribution is 7.16. The topological polar surface area (TPSA) is 29.0 Å². The van der Waals surface area contributed by atoms with Crippen molar-refractivity contribution in [1.29, 1.82) is 0 Å². The van der Waals surface area contributed by atoms with Crippen LogP contribution in [-0.4, -0.2) is 19.3 Å². The smallest absolute Gasteiger partial charge is 0.179 e. The van der Waals surface area contributed by atoms with Crippen LogP contribution in [0.15, 0.2) is 144 Å². The SMILES string of the molecule is N[C@]12CC1(C1=CC([Si](c3ccccc3)(c3ccccc3)c3ccccc3)=CCC1)N2c1ccccc1. The van der Waals surface area contributed by atoms with Gasteiger partial charge in [-0.25, -0.2) is 0 Å². The third-order valence-corrected chi connectivity index (χ3v) is 13.4. The highest BCUT2D eigenvalue weighted by atomic mass is 28.3. The van der Waals surface area contributed by atoms with Crippen LogP contribution < -0.4 is 26.2 Å². The molecule has 4 aromatic carbocycles. The Labute approximate surface area is 214 Å². The molecule has 7 rings (SSSR count). The first-order chi connectivity index (χ1) is 17.7. The molecule has 0 spiro atoms. The van der Waals surface area contributed by atoms with E-state index in [-0.39, 0.29) is 11.2 Å². The van der Waals surface area contributed by atoms with Gasteiger partial charge < -0.3 is 10.6 Å². The summed E-state index contributed by atoms with van der Waals surface area (Å²) in [6.45, 7) is 0. The molecule has 2 atom stereocenters. The second kappa shape index (κ2) is 7.92. The molecule has 3 heteroatoms. The van der Waals surface area contributed by atoms with E-state index in [0.717, 1.165) is 19.3 Å². The summed E-state index contributed by atoms with van der Waals surface area (Å²) < 4.78 is 0. The van der Waals surface area contributed by atoms with Crippen molar-refractivity contribution in [3.05, 3.63) is 144 Å². The lowest BCUT2D eigenvalue weighted by molar-refractivity contribution is 0.753. The molecule has 0 bridgehead atoms. The first-order valence-electron chi connectivity index (χ1n) is 12.9. The van der Waals surface area contributed by atoms with E-state index in [2.05, 4.69) is 138 Å². The Bertz CT molecular complexity index is 1370. The van der Waals surface area contributed by atoms with Crippen LogP contribution >= 0.6 is 0 Å². The summed E-state index contributed by atoms with van der Waals surface area (Å²) >= 11 is 0. The van der Waals surface area contributed by atoms with Crippen LogP contribution in [0.1, 0.15) is 19.3 Å². The summed E-state index contributed by atoms with van der Waals surface area (Å²) in [6, 6.07) is 44.3. The van der Waals surface area contributed by atoms with Crippen molar-refractivity contribution in [1.82, 2.24) is 0 Å². The fourth-order valence-corrected chi connectivity index (χ4v) is 11.7. The lowest BCUT2D eigenvalue weighted by Gasteiger charge is -2.37. The minimum absolute atomic E-state index is 0.0158. The molecule has 1 saturated heterocycles. The number of rotatable bonds is 6. The van der Waals surface area contributed by atoms with Gasteiger partial charge >= 0.3 is 0 Å². The van der Waals surface area contributed by atoms with Crippen LogP contribution in [0.25, 0.3) is 0 Å². The predicted octanol–water partition coefficient (Wildman–Crippen LogP) is 4.66. The molecule has 2 nitrogen and oxygen atoms in total.